The first-order valence-electron chi connectivity index (χ1n) is 7.82. The molecule has 1 fully saturated rings. The summed E-state index contributed by atoms with van der Waals surface area (Å²) in [6.07, 6.45) is -0.672. The molecule has 0 saturated carbocycles. The minimum atomic E-state index is -4.29. The van der Waals surface area contributed by atoms with E-state index in [-0.39, 0.29) is 13.0 Å². The van der Waals surface area contributed by atoms with Gasteiger partial charge in [-0.2, -0.15) is 4.72 Å². The lowest BCUT2D eigenvalue weighted by atomic mass is 9.84. The van der Waals surface area contributed by atoms with Crippen molar-refractivity contribution in [3.8, 4) is 0 Å². The fourth-order valence-corrected chi connectivity index (χ4v) is 5.95. The van der Waals surface area contributed by atoms with Crippen LogP contribution in [-0.2, 0) is 30.4 Å². The van der Waals surface area contributed by atoms with E-state index in [2.05, 4.69) is 0 Å². The van der Waals surface area contributed by atoms with Gasteiger partial charge in [0.2, 0.25) is 10.0 Å². The molecule has 150 valence electrons. The highest BCUT2D eigenvalue weighted by atomic mass is 32.2. The lowest BCUT2D eigenvalue weighted by molar-refractivity contribution is -0.147. The van der Waals surface area contributed by atoms with Crippen molar-refractivity contribution < 1.29 is 36.6 Å². The Balaban J connectivity index is 2.45. The Hall–Kier alpha value is -2.18. The molecule has 2 atom stereocenters. The molecule has 0 radical (unpaired) electrons. The van der Waals surface area contributed by atoms with Crippen LogP contribution in [0, 0.1) is 0 Å². The van der Waals surface area contributed by atoms with Gasteiger partial charge in [-0.25, -0.2) is 21.6 Å². The summed E-state index contributed by atoms with van der Waals surface area (Å²) in [7, 11) is -8.26. The Morgan fingerprint density at radius 3 is 2.19 bits per heavy atom. The molecule has 0 spiro atoms. The van der Waals surface area contributed by atoms with Gasteiger partial charge in [0, 0.05) is 12.8 Å². The number of sulfonamides is 1. The Morgan fingerprint density at radius 1 is 1.19 bits per heavy atom. The van der Waals surface area contributed by atoms with Crippen LogP contribution in [0.15, 0.2) is 30.3 Å². The first kappa shape index (κ1) is 21.1. The van der Waals surface area contributed by atoms with Crippen molar-refractivity contribution in [3.63, 3.8) is 0 Å². The molecule has 1 amide bonds. The predicted molar refractivity (Wildman–Crippen MR) is 95.4 cm³/mol. The molecule has 1 aliphatic rings. The number of hydrogen-bond acceptors (Lipinski definition) is 6. The van der Waals surface area contributed by atoms with E-state index in [0.717, 1.165) is 11.2 Å². The summed E-state index contributed by atoms with van der Waals surface area (Å²) in [6.45, 7) is -0.0147. The molecule has 1 heterocycles. The number of rotatable bonds is 8. The number of nitrogens with one attached hydrogen (secondary N) is 1. The van der Waals surface area contributed by atoms with Crippen LogP contribution in [-0.4, -0.2) is 74.1 Å². The van der Waals surface area contributed by atoms with Crippen LogP contribution in [0.3, 0.4) is 0 Å². The van der Waals surface area contributed by atoms with Gasteiger partial charge in [-0.05, 0) is 12.0 Å². The van der Waals surface area contributed by atoms with E-state index < -0.39 is 55.0 Å². The maximum Gasteiger partial charge on any atom is 0.407 e. The van der Waals surface area contributed by atoms with E-state index >= 15 is 0 Å². The van der Waals surface area contributed by atoms with Crippen LogP contribution in [0.5, 0.6) is 0 Å². The molecule has 3 N–H and O–H groups in total. The van der Waals surface area contributed by atoms with Gasteiger partial charge in [0.1, 0.15) is 9.84 Å². The maximum absolute atomic E-state index is 12.6. The Kier molecular flexibility index (Phi) is 5.82. The van der Waals surface area contributed by atoms with E-state index in [0.29, 0.717) is 5.56 Å². The van der Waals surface area contributed by atoms with Crippen molar-refractivity contribution in [1.29, 1.82) is 0 Å². The quantitative estimate of drug-likeness (QED) is 0.518. The van der Waals surface area contributed by atoms with Crippen LogP contribution in [0.1, 0.15) is 12.0 Å². The number of carbonyl (C=O) groups is 2. The molecule has 12 heteroatoms. The number of hydrogen-bond donors (Lipinski definition) is 3. The van der Waals surface area contributed by atoms with E-state index in [1.165, 1.54) is 12.1 Å². The molecule has 0 aliphatic carbocycles. The van der Waals surface area contributed by atoms with Gasteiger partial charge in [-0.1, -0.05) is 30.3 Å². The second kappa shape index (κ2) is 7.44. The molecule has 1 aromatic carbocycles. The minimum Gasteiger partial charge on any atom is -0.480 e. The van der Waals surface area contributed by atoms with Crippen molar-refractivity contribution in [2.45, 2.75) is 23.8 Å². The number of carboxylic acid groups (broad SMARTS) is 2. The number of aliphatic carboxylic acids is 1. The van der Waals surface area contributed by atoms with Crippen LogP contribution in [0.4, 0.5) is 4.79 Å². The van der Waals surface area contributed by atoms with Gasteiger partial charge in [0.15, 0.2) is 5.54 Å². The van der Waals surface area contributed by atoms with Crippen LogP contribution in [0.2, 0.25) is 0 Å². The van der Waals surface area contributed by atoms with E-state index in [4.69, 9.17) is 0 Å². The normalized spacial score (nSPS) is 19.7. The average Bonchev–Trinajstić information content (AvgIpc) is 2.43. The Labute approximate surface area is 156 Å². The number of carboxylic acids is 1. The molecule has 1 unspecified atom stereocenters. The molecule has 2 rings (SSSR count). The molecule has 27 heavy (non-hydrogen) atoms. The first-order valence-corrected chi connectivity index (χ1v) is 11.5. The van der Waals surface area contributed by atoms with Gasteiger partial charge in [0.25, 0.3) is 0 Å². The molecule has 0 bridgehead atoms. The maximum atomic E-state index is 12.6. The highest BCUT2D eigenvalue weighted by Crippen LogP contribution is 2.31. The number of sulfone groups is 1. The smallest absolute Gasteiger partial charge is 0.407 e. The second-order valence-electron chi connectivity index (χ2n) is 6.47. The number of likely N-dealkylation sites (tertiary alicyclic amines) is 1. The van der Waals surface area contributed by atoms with E-state index in [9.17, 15) is 36.6 Å². The summed E-state index contributed by atoms with van der Waals surface area (Å²) in [4.78, 5) is 24.0. The SMILES string of the molecule is CS(=O)(=O)C[C@](NS(=O)(=O)Cc1ccccc1)(C(=O)O)C1CCN1C(=O)O. The van der Waals surface area contributed by atoms with Gasteiger partial charge in [-0.3, -0.25) is 4.79 Å². The molecule has 1 saturated heterocycles. The molecular weight excluding hydrogens is 400 g/mol. The van der Waals surface area contributed by atoms with Gasteiger partial charge in [0.05, 0.1) is 17.5 Å². The van der Waals surface area contributed by atoms with E-state index in [1.54, 1.807) is 18.2 Å². The van der Waals surface area contributed by atoms with Crippen molar-refractivity contribution in [2.24, 2.45) is 0 Å². The average molecular weight is 420 g/mol. The summed E-state index contributed by atoms with van der Waals surface area (Å²) < 4.78 is 50.9. The lowest BCUT2D eigenvalue weighted by Crippen LogP contribution is -2.74. The summed E-state index contributed by atoms with van der Waals surface area (Å²) in [5.74, 6) is -3.40. The summed E-state index contributed by atoms with van der Waals surface area (Å²) >= 11 is 0. The zero-order chi connectivity index (χ0) is 20.5. The first-order chi connectivity index (χ1) is 12.4. The highest BCUT2D eigenvalue weighted by molar-refractivity contribution is 7.91. The van der Waals surface area contributed by atoms with Crippen molar-refractivity contribution >= 4 is 31.9 Å². The number of nitrogens with zero attached hydrogens (tertiary/aromatic N) is 1. The fraction of sp³-hybridized carbons (Fsp3) is 0.467. The van der Waals surface area contributed by atoms with Crippen LogP contribution >= 0.6 is 0 Å². The van der Waals surface area contributed by atoms with Gasteiger partial charge < -0.3 is 15.1 Å². The predicted octanol–water partition coefficient (Wildman–Crippen LogP) is -0.274. The minimum absolute atomic E-state index is 0.0147. The largest absolute Gasteiger partial charge is 0.480 e. The molecule has 1 aromatic rings. The monoisotopic (exact) mass is 420 g/mol. The molecule has 1 aliphatic heterocycles. The standard InChI is InChI=1S/C15H20N2O8S2/c1-26(22,23)10-15(13(18)19,12-7-8-17(12)14(20)21)16-27(24,25)9-11-5-3-2-4-6-11/h2-6,12,16H,7-10H2,1H3,(H,18,19)(H,20,21)/t12?,15-/m1/s1. The third-order valence-corrected chi connectivity index (χ3v) is 6.61. The molecular formula is C15H20N2O8S2. The van der Waals surface area contributed by atoms with Crippen molar-refractivity contribution in [3.05, 3.63) is 35.9 Å². The summed E-state index contributed by atoms with van der Waals surface area (Å²) in [5.41, 5.74) is -2.15. The highest BCUT2D eigenvalue weighted by Gasteiger charge is 2.57. The van der Waals surface area contributed by atoms with E-state index in [1.807, 2.05) is 4.72 Å². The molecule has 0 aromatic heterocycles. The van der Waals surface area contributed by atoms with Crippen molar-refractivity contribution in [2.75, 3.05) is 18.6 Å². The summed E-state index contributed by atoms with van der Waals surface area (Å²) in [5, 5.41) is 18.9. The second-order valence-corrected chi connectivity index (χ2v) is 10.3. The Morgan fingerprint density at radius 2 is 1.78 bits per heavy atom. The van der Waals surface area contributed by atoms with Crippen LogP contribution in [0.25, 0.3) is 0 Å². The number of amides is 1. The van der Waals surface area contributed by atoms with Crippen molar-refractivity contribution in [1.82, 2.24) is 9.62 Å². The topological polar surface area (TPSA) is 158 Å². The molecule has 10 nitrogen and oxygen atoms in total. The summed E-state index contributed by atoms with van der Waals surface area (Å²) in [6, 6.07) is 6.57. The third-order valence-electron chi connectivity index (χ3n) is 4.24. The van der Waals surface area contributed by atoms with Gasteiger partial charge in [-0.15, -0.1) is 0 Å². The van der Waals surface area contributed by atoms with Gasteiger partial charge >= 0.3 is 12.1 Å². The zero-order valence-corrected chi connectivity index (χ0v) is 16.0. The third kappa shape index (κ3) is 4.96. The van der Waals surface area contributed by atoms with Crippen LogP contribution < -0.4 is 4.72 Å². The Bertz CT molecular complexity index is 930. The lowest BCUT2D eigenvalue weighted by Gasteiger charge is -2.48. The zero-order valence-electron chi connectivity index (χ0n) is 14.4. The number of benzene rings is 1. The fourth-order valence-electron chi connectivity index (χ4n) is 3.09.